The van der Waals surface area contributed by atoms with E-state index in [1.165, 1.54) is 5.56 Å². The lowest BCUT2D eigenvalue weighted by atomic mass is 9.90. The second-order valence-corrected chi connectivity index (χ2v) is 7.69. The van der Waals surface area contributed by atoms with Gasteiger partial charge in [-0.15, -0.1) is 0 Å². The van der Waals surface area contributed by atoms with Gasteiger partial charge < -0.3 is 19.9 Å². The van der Waals surface area contributed by atoms with Crippen molar-refractivity contribution >= 4 is 29.2 Å². The molecule has 166 valence electrons. The molecule has 3 N–H and O–H groups in total. The van der Waals surface area contributed by atoms with E-state index in [4.69, 9.17) is 14.2 Å². The molecule has 0 saturated carbocycles. The molecule has 4 aromatic rings. The van der Waals surface area contributed by atoms with Gasteiger partial charge in [-0.25, -0.2) is 14.8 Å². The highest BCUT2D eigenvalue weighted by Gasteiger charge is 2.19. The molecule has 33 heavy (non-hydrogen) atoms. The Labute approximate surface area is 190 Å². The first kappa shape index (κ1) is 20.5. The number of ether oxygens (including phenoxy) is 1. The van der Waals surface area contributed by atoms with Crippen molar-refractivity contribution in [2.45, 2.75) is 19.8 Å². The number of nitrogens with zero attached hydrogens (tertiary/aromatic N) is 3. The number of urea groups is 1. The zero-order valence-electron chi connectivity index (χ0n) is 18.2. The van der Waals surface area contributed by atoms with Crippen LogP contribution in [0, 0.1) is 6.92 Å². The van der Waals surface area contributed by atoms with E-state index in [9.17, 15) is 4.79 Å². The fraction of sp³-hybridized carbons (Fsp3) is 0.167. The molecule has 9 nitrogen and oxygen atoms in total. The van der Waals surface area contributed by atoms with Gasteiger partial charge in [0, 0.05) is 29.2 Å². The van der Waals surface area contributed by atoms with Gasteiger partial charge in [-0.1, -0.05) is 5.16 Å². The van der Waals surface area contributed by atoms with Crippen molar-refractivity contribution in [2.75, 3.05) is 23.1 Å². The van der Waals surface area contributed by atoms with Gasteiger partial charge in [-0.3, -0.25) is 5.32 Å². The van der Waals surface area contributed by atoms with Crippen LogP contribution >= 0.6 is 0 Å². The van der Waals surface area contributed by atoms with Gasteiger partial charge >= 0.3 is 6.03 Å². The zero-order valence-corrected chi connectivity index (χ0v) is 18.2. The van der Waals surface area contributed by atoms with E-state index in [0.717, 1.165) is 41.1 Å². The number of fused-ring (bicyclic) bond motifs is 3. The molecule has 0 atom stereocenters. The Kier molecular flexibility index (Phi) is 5.35. The monoisotopic (exact) mass is 442 g/mol. The molecule has 2 aromatic carbocycles. The van der Waals surface area contributed by atoms with Crippen LogP contribution in [0.2, 0.25) is 0 Å². The Hall–Kier alpha value is -4.40. The summed E-state index contributed by atoms with van der Waals surface area (Å²) in [5.41, 5.74) is 5.84. The normalized spacial score (nSPS) is 11.8. The SMILES string of the molecule is COc1ccc2c(c1)CCc1cnc(Nc3ccc(NC(=O)Nc4cc(C)on4)cc3)nc1-2. The fourth-order valence-electron chi connectivity index (χ4n) is 3.76. The maximum absolute atomic E-state index is 12.1. The summed E-state index contributed by atoms with van der Waals surface area (Å²) < 4.78 is 10.3. The molecule has 1 aliphatic rings. The molecule has 0 aliphatic heterocycles. The molecule has 9 heteroatoms. The van der Waals surface area contributed by atoms with Crippen molar-refractivity contribution in [3.05, 3.63) is 71.6 Å². The van der Waals surface area contributed by atoms with Crippen molar-refractivity contribution in [2.24, 2.45) is 0 Å². The molecule has 0 unspecified atom stereocenters. The maximum Gasteiger partial charge on any atom is 0.324 e. The van der Waals surface area contributed by atoms with Gasteiger partial charge in [-0.05, 0) is 73.4 Å². The second-order valence-electron chi connectivity index (χ2n) is 7.69. The summed E-state index contributed by atoms with van der Waals surface area (Å²) in [6.45, 7) is 1.75. The number of aryl methyl sites for hydroxylation is 3. The van der Waals surface area contributed by atoms with Gasteiger partial charge in [0.2, 0.25) is 5.95 Å². The fourth-order valence-corrected chi connectivity index (χ4v) is 3.76. The van der Waals surface area contributed by atoms with Gasteiger partial charge in [0.25, 0.3) is 0 Å². The van der Waals surface area contributed by atoms with E-state index in [1.54, 1.807) is 32.2 Å². The van der Waals surface area contributed by atoms with Crippen LogP contribution in [0.25, 0.3) is 11.3 Å². The van der Waals surface area contributed by atoms with E-state index >= 15 is 0 Å². The van der Waals surface area contributed by atoms with Crippen LogP contribution in [0.15, 0.2) is 59.3 Å². The van der Waals surface area contributed by atoms with Crippen LogP contribution in [0.1, 0.15) is 16.9 Å². The molecule has 0 fully saturated rings. The molecular weight excluding hydrogens is 420 g/mol. The first-order valence-corrected chi connectivity index (χ1v) is 10.5. The average molecular weight is 442 g/mol. The number of anilines is 4. The molecule has 5 rings (SSSR count). The lowest BCUT2D eigenvalue weighted by Gasteiger charge is -2.20. The number of rotatable bonds is 5. The van der Waals surface area contributed by atoms with Crippen LogP contribution in [-0.2, 0) is 12.8 Å². The Morgan fingerprint density at radius 3 is 2.55 bits per heavy atom. The molecule has 2 aromatic heterocycles. The third kappa shape index (κ3) is 4.47. The largest absolute Gasteiger partial charge is 0.497 e. The molecule has 0 spiro atoms. The molecule has 1 aliphatic carbocycles. The summed E-state index contributed by atoms with van der Waals surface area (Å²) in [7, 11) is 1.67. The number of hydrogen-bond donors (Lipinski definition) is 3. The summed E-state index contributed by atoms with van der Waals surface area (Å²) in [6.07, 6.45) is 3.71. The highest BCUT2D eigenvalue weighted by Crippen LogP contribution is 2.34. The number of carbonyl (C=O) groups is 1. The molecule has 0 radical (unpaired) electrons. The van der Waals surface area contributed by atoms with Crippen molar-refractivity contribution in [1.82, 2.24) is 15.1 Å². The molecule has 0 saturated heterocycles. The number of carbonyl (C=O) groups excluding carboxylic acids is 1. The quantitative estimate of drug-likeness (QED) is 0.401. The standard InChI is InChI=1S/C24H22N6O3/c1-14-11-21(30-33-14)28-24(31)27-18-7-5-17(6-8-18)26-23-25-13-16-4-3-15-12-19(32-2)9-10-20(15)22(16)29-23/h5-13H,3-4H2,1-2H3,(H,25,26,29)(H2,27,28,30,31). The third-order valence-corrected chi connectivity index (χ3v) is 5.36. The number of benzene rings is 2. The first-order valence-electron chi connectivity index (χ1n) is 10.5. The Morgan fingerprint density at radius 1 is 1.00 bits per heavy atom. The van der Waals surface area contributed by atoms with Gasteiger partial charge in [0.05, 0.1) is 12.8 Å². The molecule has 0 bridgehead atoms. The van der Waals surface area contributed by atoms with E-state index < -0.39 is 6.03 Å². The van der Waals surface area contributed by atoms with Crippen LogP contribution in [0.3, 0.4) is 0 Å². The Bertz CT molecular complexity index is 1320. The highest BCUT2D eigenvalue weighted by molar-refractivity contribution is 5.99. The Morgan fingerprint density at radius 2 is 1.79 bits per heavy atom. The smallest absolute Gasteiger partial charge is 0.324 e. The first-order chi connectivity index (χ1) is 16.1. The van der Waals surface area contributed by atoms with E-state index in [-0.39, 0.29) is 0 Å². The van der Waals surface area contributed by atoms with Crippen molar-refractivity contribution in [1.29, 1.82) is 0 Å². The minimum absolute atomic E-state index is 0.355. The number of hydrogen-bond acceptors (Lipinski definition) is 7. The van der Waals surface area contributed by atoms with Gasteiger partial charge in [0.15, 0.2) is 5.82 Å². The number of nitrogens with one attached hydrogen (secondary N) is 3. The van der Waals surface area contributed by atoms with E-state index in [2.05, 4.69) is 38.2 Å². The predicted octanol–water partition coefficient (Wildman–Crippen LogP) is 4.93. The highest BCUT2D eigenvalue weighted by atomic mass is 16.5. The van der Waals surface area contributed by atoms with Gasteiger partial charge in [-0.2, -0.15) is 0 Å². The summed E-state index contributed by atoms with van der Waals surface area (Å²) in [5, 5.41) is 12.3. The molecular formula is C24H22N6O3. The number of aromatic nitrogens is 3. The zero-order chi connectivity index (χ0) is 22.8. The second kappa shape index (κ2) is 8.62. The minimum Gasteiger partial charge on any atom is -0.497 e. The van der Waals surface area contributed by atoms with Crippen molar-refractivity contribution in [3.63, 3.8) is 0 Å². The summed E-state index contributed by atoms with van der Waals surface area (Å²) >= 11 is 0. The Balaban J connectivity index is 1.27. The minimum atomic E-state index is -0.405. The predicted molar refractivity (Wildman–Crippen MR) is 125 cm³/mol. The van der Waals surface area contributed by atoms with Crippen LogP contribution in [-0.4, -0.2) is 28.3 Å². The lowest BCUT2D eigenvalue weighted by molar-refractivity contribution is 0.262. The van der Waals surface area contributed by atoms with E-state index in [1.807, 2.05) is 24.4 Å². The van der Waals surface area contributed by atoms with Crippen molar-refractivity contribution in [3.8, 4) is 17.0 Å². The van der Waals surface area contributed by atoms with Crippen LogP contribution < -0.4 is 20.7 Å². The third-order valence-electron chi connectivity index (χ3n) is 5.36. The molecule has 2 amide bonds. The number of methoxy groups -OCH3 is 1. The topological polar surface area (TPSA) is 114 Å². The van der Waals surface area contributed by atoms with Crippen LogP contribution in [0.4, 0.5) is 27.9 Å². The summed E-state index contributed by atoms with van der Waals surface area (Å²) in [5.74, 6) is 2.33. The number of amides is 2. The van der Waals surface area contributed by atoms with Crippen molar-refractivity contribution < 1.29 is 14.1 Å². The molecule has 2 heterocycles. The average Bonchev–Trinajstić information content (AvgIpc) is 3.24. The van der Waals surface area contributed by atoms with Gasteiger partial charge in [0.1, 0.15) is 11.5 Å². The van der Waals surface area contributed by atoms with E-state index in [0.29, 0.717) is 23.2 Å². The summed E-state index contributed by atoms with van der Waals surface area (Å²) in [6, 6.07) is 14.6. The van der Waals surface area contributed by atoms with Crippen LogP contribution in [0.5, 0.6) is 5.75 Å². The summed E-state index contributed by atoms with van der Waals surface area (Å²) in [4.78, 5) is 21.3. The lowest BCUT2D eigenvalue weighted by Crippen LogP contribution is -2.19. The maximum atomic E-state index is 12.1.